The number of hydrogen-bond donors (Lipinski definition) is 3. The highest BCUT2D eigenvalue weighted by Crippen LogP contribution is 2.15. The van der Waals surface area contributed by atoms with Gasteiger partial charge in [0.15, 0.2) is 0 Å². The Labute approximate surface area is 134 Å². The van der Waals surface area contributed by atoms with Crippen LogP contribution in [0.25, 0.3) is 0 Å². The van der Waals surface area contributed by atoms with Crippen molar-refractivity contribution in [2.24, 2.45) is 0 Å². The van der Waals surface area contributed by atoms with E-state index in [1.54, 1.807) is 12.1 Å². The average Bonchev–Trinajstić information content (AvgIpc) is 2.58. The molecule has 0 radical (unpaired) electrons. The maximum absolute atomic E-state index is 11.6. The maximum atomic E-state index is 11.6. The molecule has 1 aromatic carbocycles. The summed E-state index contributed by atoms with van der Waals surface area (Å²) in [4.78, 5) is 15.6. The van der Waals surface area contributed by atoms with E-state index in [-0.39, 0.29) is 13.2 Å². The number of aryl methyl sites for hydroxylation is 1. The summed E-state index contributed by atoms with van der Waals surface area (Å²) in [5, 5.41) is 22.4. The van der Waals surface area contributed by atoms with Crippen LogP contribution in [0.3, 0.4) is 0 Å². The minimum Gasteiger partial charge on any atom is -0.445 e. The molecular formula is C17H20N2O4. The van der Waals surface area contributed by atoms with Crippen LogP contribution in [-0.4, -0.2) is 33.9 Å². The summed E-state index contributed by atoms with van der Waals surface area (Å²) in [6, 6.07) is 12.7. The number of aromatic nitrogens is 1. The number of benzene rings is 1. The first kappa shape index (κ1) is 16.9. The van der Waals surface area contributed by atoms with Crippen molar-refractivity contribution in [3.63, 3.8) is 0 Å². The van der Waals surface area contributed by atoms with Gasteiger partial charge in [-0.05, 0) is 18.6 Å². The largest absolute Gasteiger partial charge is 0.445 e. The second-order valence-corrected chi connectivity index (χ2v) is 5.19. The topological polar surface area (TPSA) is 91.7 Å². The highest BCUT2D eigenvalue weighted by Gasteiger charge is 2.19. The maximum Gasteiger partial charge on any atom is 0.407 e. The highest BCUT2D eigenvalue weighted by atomic mass is 16.5. The SMILES string of the molecule is Cc1ccc(C(O)C(O)CNC(=O)OCc2ccccc2)cn1. The van der Waals surface area contributed by atoms with Crippen molar-refractivity contribution in [2.45, 2.75) is 25.7 Å². The number of nitrogens with one attached hydrogen (secondary N) is 1. The van der Waals surface area contributed by atoms with E-state index < -0.39 is 18.3 Å². The molecule has 0 aliphatic heterocycles. The lowest BCUT2D eigenvalue weighted by Gasteiger charge is -2.18. The predicted molar refractivity (Wildman–Crippen MR) is 84.6 cm³/mol. The first-order chi connectivity index (χ1) is 11.1. The minimum atomic E-state index is -1.15. The van der Waals surface area contributed by atoms with E-state index in [0.29, 0.717) is 5.56 Å². The normalized spacial score (nSPS) is 13.2. The van der Waals surface area contributed by atoms with Gasteiger partial charge in [-0.2, -0.15) is 0 Å². The van der Waals surface area contributed by atoms with Crippen LogP contribution in [0.2, 0.25) is 0 Å². The van der Waals surface area contributed by atoms with Gasteiger partial charge in [0.05, 0.1) is 0 Å². The Balaban J connectivity index is 1.75. The lowest BCUT2D eigenvalue weighted by Crippen LogP contribution is -2.35. The lowest BCUT2D eigenvalue weighted by atomic mass is 10.1. The molecule has 1 heterocycles. The van der Waals surface area contributed by atoms with Crippen LogP contribution in [0.4, 0.5) is 4.79 Å². The van der Waals surface area contributed by atoms with Gasteiger partial charge in [-0.3, -0.25) is 4.98 Å². The molecule has 23 heavy (non-hydrogen) atoms. The lowest BCUT2D eigenvalue weighted by molar-refractivity contribution is 0.0182. The van der Waals surface area contributed by atoms with Gasteiger partial charge >= 0.3 is 6.09 Å². The molecule has 0 saturated heterocycles. The van der Waals surface area contributed by atoms with Crippen LogP contribution >= 0.6 is 0 Å². The number of aliphatic hydroxyl groups is 2. The third-order valence-electron chi connectivity index (χ3n) is 3.31. The molecular weight excluding hydrogens is 296 g/mol. The van der Waals surface area contributed by atoms with E-state index in [1.165, 1.54) is 6.20 Å². The standard InChI is InChI=1S/C17H20N2O4/c1-12-7-8-14(9-18-12)16(21)15(20)10-19-17(22)23-11-13-5-3-2-4-6-13/h2-9,15-16,20-21H,10-11H2,1H3,(H,19,22). The Kier molecular flexibility index (Phi) is 6.08. The zero-order valence-corrected chi connectivity index (χ0v) is 12.8. The van der Waals surface area contributed by atoms with Crippen LogP contribution in [0.15, 0.2) is 48.7 Å². The van der Waals surface area contributed by atoms with Crippen molar-refractivity contribution in [3.8, 4) is 0 Å². The van der Waals surface area contributed by atoms with Crippen molar-refractivity contribution in [3.05, 3.63) is 65.5 Å². The molecule has 6 heteroatoms. The molecule has 2 rings (SSSR count). The van der Waals surface area contributed by atoms with Crippen LogP contribution < -0.4 is 5.32 Å². The number of carbonyl (C=O) groups excluding carboxylic acids is 1. The van der Waals surface area contributed by atoms with E-state index in [4.69, 9.17) is 4.74 Å². The summed E-state index contributed by atoms with van der Waals surface area (Å²) in [6.07, 6.45) is -1.43. The molecule has 0 fully saturated rings. The van der Waals surface area contributed by atoms with Gasteiger partial charge in [-0.25, -0.2) is 4.79 Å². The molecule has 6 nitrogen and oxygen atoms in total. The first-order valence-electron chi connectivity index (χ1n) is 7.29. The fourth-order valence-corrected chi connectivity index (χ4v) is 1.95. The van der Waals surface area contributed by atoms with Crippen LogP contribution in [0.1, 0.15) is 22.9 Å². The second kappa shape index (κ2) is 8.26. The van der Waals surface area contributed by atoms with Crippen LogP contribution in [0.5, 0.6) is 0 Å². The number of nitrogens with zero attached hydrogens (tertiary/aromatic N) is 1. The zero-order chi connectivity index (χ0) is 16.7. The van der Waals surface area contributed by atoms with Gasteiger partial charge in [0.2, 0.25) is 0 Å². The van der Waals surface area contributed by atoms with Gasteiger partial charge < -0.3 is 20.3 Å². The molecule has 2 aromatic rings. The molecule has 1 aromatic heterocycles. The third kappa shape index (κ3) is 5.36. The predicted octanol–water partition coefficient (Wildman–Crippen LogP) is 1.71. The minimum absolute atomic E-state index is 0.122. The molecule has 2 unspecified atom stereocenters. The van der Waals surface area contributed by atoms with Crippen molar-refractivity contribution in [2.75, 3.05) is 6.54 Å². The Morgan fingerprint density at radius 1 is 1.22 bits per heavy atom. The van der Waals surface area contributed by atoms with Gasteiger partial charge in [-0.1, -0.05) is 36.4 Å². The molecule has 0 aliphatic carbocycles. The molecule has 1 amide bonds. The number of carbonyl (C=O) groups is 1. The number of hydrogen-bond acceptors (Lipinski definition) is 5. The fourth-order valence-electron chi connectivity index (χ4n) is 1.95. The number of amides is 1. The Morgan fingerprint density at radius 3 is 2.61 bits per heavy atom. The van der Waals surface area contributed by atoms with E-state index in [2.05, 4.69) is 10.3 Å². The fraction of sp³-hybridized carbons (Fsp3) is 0.294. The number of aliphatic hydroxyl groups excluding tert-OH is 2. The second-order valence-electron chi connectivity index (χ2n) is 5.19. The van der Waals surface area contributed by atoms with Crippen LogP contribution in [-0.2, 0) is 11.3 Å². The number of alkyl carbamates (subject to hydrolysis) is 1. The summed E-state index contributed by atoms with van der Waals surface area (Å²) in [5.74, 6) is 0. The molecule has 0 aliphatic rings. The molecule has 2 atom stereocenters. The summed E-state index contributed by atoms with van der Waals surface area (Å²) in [5.41, 5.74) is 2.18. The summed E-state index contributed by atoms with van der Waals surface area (Å²) in [6.45, 7) is 1.85. The molecule has 0 bridgehead atoms. The monoisotopic (exact) mass is 316 g/mol. The Morgan fingerprint density at radius 2 is 1.96 bits per heavy atom. The van der Waals surface area contributed by atoms with Crippen molar-refractivity contribution < 1.29 is 19.7 Å². The van der Waals surface area contributed by atoms with E-state index in [9.17, 15) is 15.0 Å². The van der Waals surface area contributed by atoms with Gasteiger partial charge in [-0.15, -0.1) is 0 Å². The van der Waals surface area contributed by atoms with Crippen molar-refractivity contribution >= 4 is 6.09 Å². The highest BCUT2D eigenvalue weighted by molar-refractivity contribution is 5.67. The average molecular weight is 316 g/mol. The van der Waals surface area contributed by atoms with Crippen molar-refractivity contribution in [1.82, 2.24) is 10.3 Å². The number of ether oxygens (including phenoxy) is 1. The van der Waals surface area contributed by atoms with Gasteiger partial charge in [0, 0.05) is 24.0 Å². The summed E-state index contributed by atoms with van der Waals surface area (Å²) >= 11 is 0. The molecule has 122 valence electrons. The van der Waals surface area contributed by atoms with E-state index >= 15 is 0 Å². The van der Waals surface area contributed by atoms with Gasteiger partial charge in [0.25, 0.3) is 0 Å². The molecule has 0 spiro atoms. The molecule has 0 saturated carbocycles. The number of pyridine rings is 1. The van der Waals surface area contributed by atoms with E-state index in [0.717, 1.165) is 11.3 Å². The van der Waals surface area contributed by atoms with Crippen LogP contribution in [0, 0.1) is 6.92 Å². The van der Waals surface area contributed by atoms with E-state index in [1.807, 2.05) is 37.3 Å². The zero-order valence-electron chi connectivity index (χ0n) is 12.8. The Bertz CT molecular complexity index is 616. The summed E-state index contributed by atoms with van der Waals surface area (Å²) in [7, 11) is 0. The Hall–Kier alpha value is -2.44. The third-order valence-corrected chi connectivity index (χ3v) is 3.31. The smallest absolute Gasteiger partial charge is 0.407 e. The number of rotatable bonds is 6. The molecule has 3 N–H and O–H groups in total. The first-order valence-corrected chi connectivity index (χ1v) is 7.29. The summed E-state index contributed by atoms with van der Waals surface area (Å²) < 4.78 is 5.02. The van der Waals surface area contributed by atoms with Crippen molar-refractivity contribution in [1.29, 1.82) is 0 Å². The quantitative estimate of drug-likeness (QED) is 0.754. The van der Waals surface area contributed by atoms with Gasteiger partial charge in [0.1, 0.15) is 18.8 Å².